The van der Waals surface area contributed by atoms with Crippen LogP contribution in [-0.4, -0.2) is 90.6 Å². The molecule has 0 saturated carbocycles. The van der Waals surface area contributed by atoms with Crippen LogP contribution in [0, 0.1) is 0 Å². The van der Waals surface area contributed by atoms with Gasteiger partial charge in [-0.2, -0.15) is 0 Å². The first-order chi connectivity index (χ1) is 17.1. The third kappa shape index (κ3) is 3.86. The van der Waals surface area contributed by atoms with Crippen LogP contribution in [0.5, 0.6) is 5.75 Å². The van der Waals surface area contributed by atoms with Crippen LogP contribution in [-0.2, 0) is 20.7 Å². The largest absolute Gasteiger partial charge is 0.497 e. The molecule has 0 bridgehead atoms. The number of hydrogen-bond donors (Lipinski definition) is 1. The first kappa shape index (κ1) is 22.1. The van der Waals surface area contributed by atoms with Gasteiger partial charge in [-0.3, -0.25) is 14.5 Å². The second-order valence-corrected chi connectivity index (χ2v) is 9.48. The van der Waals surface area contributed by atoms with Gasteiger partial charge in [0.25, 0.3) is 0 Å². The van der Waals surface area contributed by atoms with Gasteiger partial charge < -0.3 is 24.3 Å². The van der Waals surface area contributed by atoms with E-state index in [-0.39, 0.29) is 24.4 Å². The molecule has 3 aliphatic rings. The Labute approximate surface area is 204 Å². The Hall–Kier alpha value is -3.36. The first-order valence-electron chi connectivity index (χ1n) is 12.3. The summed E-state index contributed by atoms with van der Waals surface area (Å²) in [6, 6.07) is 15.1. The van der Waals surface area contributed by atoms with Crippen LogP contribution < -0.4 is 4.74 Å². The molecular weight excluding hydrogens is 444 g/mol. The van der Waals surface area contributed by atoms with Crippen molar-refractivity contribution in [2.45, 2.75) is 18.5 Å². The smallest absolute Gasteiger partial charge is 0.246 e. The number of nitrogens with one attached hydrogen (secondary N) is 1. The SMILES string of the molecule is COc1cccc(C2c3[nH]c4ccccc4c3C[C@H]3C(=O)N(CCN4CCOCC4)CC(=O)N23)c1. The van der Waals surface area contributed by atoms with Crippen molar-refractivity contribution in [1.29, 1.82) is 0 Å². The molecule has 4 heterocycles. The molecule has 3 aromatic rings. The highest BCUT2D eigenvalue weighted by molar-refractivity contribution is 5.97. The van der Waals surface area contributed by atoms with E-state index in [9.17, 15) is 9.59 Å². The average molecular weight is 475 g/mol. The maximum Gasteiger partial charge on any atom is 0.246 e. The molecular formula is C27H30N4O4. The minimum Gasteiger partial charge on any atom is -0.497 e. The molecule has 182 valence electrons. The standard InChI is InChI=1S/C27H30N4O4/c1-34-19-6-4-5-18(15-19)26-25-21(20-7-2-3-8-22(20)28-25)16-23-27(33)30(17-24(32)31(23)26)10-9-29-11-13-35-14-12-29/h2-8,15,23,26,28H,9-14,16-17H2,1H3/t23-,26?/m0/s1. The quantitative estimate of drug-likeness (QED) is 0.614. The van der Waals surface area contributed by atoms with E-state index in [4.69, 9.17) is 9.47 Å². The molecule has 35 heavy (non-hydrogen) atoms. The van der Waals surface area contributed by atoms with Crippen LogP contribution in [0.2, 0.25) is 0 Å². The number of ether oxygens (including phenoxy) is 2. The number of hydrogen-bond acceptors (Lipinski definition) is 5. The number of aromatic nitrogens is 1. The molecule has 2 fully saturated rings. The summed E-state index contributed by atoms with van der Waals surface area (Å²) in [6.45, 7) is 4.58. The highest BCUT2D eigenvalue weighted by Crippen LogP contribution is 2.43. The van der Waals surface area contributed by atoms with Crippen molar-refractivity contribution in [3.8, 4) is 5.75 Å². The Morgan fingerprint density at radius 3 is 2.71 bits per heavy atom. The lowest BCUT2D eigenvalue weighted by Crippen LogP contribution is -2.63. The van der Waals surface area contributed by atoms with E-state index in [0.29, 0.717) is 13.0 Å². The summed E-state index contributed by atoms with van der Waals surface area (Å²) in [7, 11) is 1.64. The maximum absolute atomic E-state index is 13.8. The Balaban J connectivity index is 1.38. The topological polar surface area (TPSA) is 78.1 Å². The molecule has 2 atom stereocenters. The summed E-state index contributed by atoms with van der Waals surface area (Å²) in [4.78, 5) is 36.9. The molecule has 0 spiro atoms. The van der Waals surface area contributed by atoms with E-state index < -0.39 is 6.04 Å². The van der Waals surface area contributed by atoms with Crippen molar-refractivity contribution >= 4 is 22.7 Å². The molecule has 3 aliphatic heterocycles. The molecule has 8 heteroatoms. The van der Waals surface area contributed by atoms with E-state index in [1.54, 1.807) is 16.9 Å². The van der Waals surface area contributed by atoms with Crippen molar-refractivity contribution in [3.63, 3.8) is 0 Å². The number of methoxy groups -OCH3 is 1. The van der Waals surface area contributed by atoms with Gasteiger partial charge in [-0.15, -0.1) is 0 Å². The normalized spacial score (nSPS) is 22.9. The number of morpholine rings is 1. The first-order valence-corrected chi connectivity index (χ1v) is 12.3. The summed E-state index contributed by atoms with van der Waals surface area (Å²) in [5.41, 5.74) is 4.06. The number of carbonyl (C=O) groups excluding carboxylic acids is 2. The van der Waals surface area contributed by atoms with E-state index in [1.165, 1.54) is 0 Å². The van der Waals surface area contributed by atoms with E-state index in [2.05, 4.69) is 16.0 Å². The van der Waals surface area contributed by atoms with Crippen LogP contribution in [0.1, 0.15) is 22.9 Å². The predicted octanol–water partition coefficient (Wildman–Crippen LogP) is 2.19. The third-order valence-corrected chi connectivity index (χ3v) is 7.54. The fourth-order valence-electron chi connectivity index (χ4n) is 5.76. The van der Waals surface area contributed by atoms with Crippen molar-refractivity contribution < 1.29 is 19.1 Å². The number of amides is 2. The van der Waals surface area contributed by atoms with Crippen molar-refractivity contribution in [2.75, 3.05) is 53.0 Å². The number of nitrogens with zero attached hydrogens (tertiary/aromatic N) is 3. The second kappa shape index (κ2) is 9.02. The third-order valence-electron chi connectivity index (χ3n) is 7.54. The average Bonchev–Trinajstić information content (AvgIpc) is 3.27. The number of aromatic amines is 1. The molecule has 0 radical (unpaired) electrons. The summed E-state index contributed by atoms with van der Waals surface area (Å²) >= 11 is 0. The van der Waals surface area contributed by atoms with E-state index in [0.717, 1.165) is 66.3 Å². The number of para-hydroxylation sites is 1. The zero-order valence-corrected chi connectivity index (χ0v) is 19.9. The Bertz CT molecular complexity index is 1270. The molecule has 0 aliphatic carbocycles. The zero-order valence-electron chi connectivity index (χ0n) is 19.9. The fourth-order valence-corrected chi connectivity index (χ4v) is 5.76. The molecule has 1 N–H and O–H groups in total. The molecule has 8 nitrogen and oxygen atoms in total. The van der Waals surface area contributed by atoms with Gasteiger partial charge in [-0.25, -0.2) is 0 Å². The Kier molecular flexibility index (Phi) is 5.70. The summed E-state index contributed by atoms with van der Waals surface area (Å²) in [6.07, 6.45) is 0.512. The van der Waals surface area contributed by atoms with Crippen molar-refractivity contribution in [2.24, 2.45) is 0 Å². The highest BCUT2D eigenvalue weighted by Gasteiger charge is 2.48. The van der Waals surface area contributed by atoms with E-state index >= 15 is 0 Å². The highest BCUT2D eigenvalue weighted by atomic mass is 16.5. The molecule has 6 rings (SSSR count). The lowest BCUT2D eigenvalue weighted by atomic mass is 9.86. The van der Waals surface area contributed by atoms with Gasteiger partial charge in [0.2, 0.25) is 11.8 Å². The molecule has 2 saturated heterocycles. The van der Waals surface area contributed by atoms with Gasteiger partial charge in [-0.05, 0) is 29.3 Å². The van der Waals surface area contributed by atoms with Gasteiger partial charge >= 0.3 is 0 Å². The number of piperazine rings is 1. The fraction of sp³-hybridized carbons (Fsp3) is 0.407. The van der Waals surface area contributed by atoms with Crippen LogP contribution >= 0.6 is 0 Å². The number of fused-ring (bicyclic) bond motifs is 4. The van der Waals surface area contributed by atoms with Crippen LogP contribution in [0.4, 0.5) is 0 Å². The zero-order chi connectivity index (χ0) is 23.9. The summed E-state index contributed by atoms with van der Waals surface area (Å²) < 4.78 is 10.9. The predicted molar refractivity (Wildman–Crippen MR) is 131 cm³/mol. The van der Waals surface area contributed by atoms with Gasteiger partial charge in [0.05, 0.1) is 32.9 Å². The lowest BCUT2D eigenvalue weighted by molar-refractivity contribution is -0.158. The van der Waals surface area contributed by atoms with Crippen LogP contribution in [0.25, 0.3) is 10.9 Å². The van der Waals surface area contributed by atoms with Gasteiger partial charge in [0.15, 0.2) is 0 Å². The number of carbonyl (C=O) groups is 2. The molecule has 2 amide bonds. The van der Waals surface area contributed by atoms with Gasteiger partial charge in [0.1, 0.15) is 11.8 Å². The monoisotopic (exact) mass is 474 g/mol. The minimum absolute atomic E-state index is 0.0197. The second-order valence-electron chi connectivity index (χ2n) is 9.48. The Morgan fingerprint density at radius 2 is 1.89 bits per heavy atom. The molecule has 1 aromatic heterocycles. The number of H-pyrrole nitrogens is 1. The summed E-state index contributed by atoms with van der Waals surface area (Å²) in [5.74, 6) is 0.737. The Morgan fingerprint density at radius 1 is 1.06 bits per heavy atom. The number of benzene rings is 2. The van der Waals surface area contributed by atoms with Crippen LogP contribution in [0.15, 0.2) is 48.5 Å². The minimum atomic E-state index is -0.524. The molecule has 2 aromatic carbocycles. The maximum atomic E-state index is 13.8. The van der Waals surface area contributed by atoms with Crippen LogP contribution in [0.3, 0.4) is 0 Å². The number of rotatable bonds is 5. The lowest BCUT2D eigenvalue weighted by Gasteiger charge is -2.47. The van der Waals surface area contributed by atoms with Gasteiger partial charge in [0, 0.05) is 49.2 Å². The molecule has 1 unspecified atom stereocenters. The summed E-state index contributed by atoms with van der Waals surface area (Å²) in [5, 5.41) is 1.11. The van der Waals surface area contributed by atoms with Crippen molar-refractivity contribution in [3.05, 3.63) is 65.4 Å². The van der Waals surface area contributed by atoms with E-state index in [1.807, 2.05) is 42.5 Å². The van der Waals surface area contributed by atoms with Crippen molar-refractivity contribution in [1.82, 2.24) is 19.7 Å². The van der Waals surface area contributed by atoms with Gasteiger partial charge in [-0.1, -0.05) is 30.3 Å².